The Hall–Kier alpha value is -1.87. The van der Waals surface area contributed by atoms with Gasteiger partial charge >= 0.3 is 5.97 Å². The molecule has 1 aromatic rings. The number of ether oxygens (including phenoxy) is 4. The van der Waals surface area contributed by atoms with Crippen LogP contribution in [-0.4, -0.2) is 43.6 Å². The Morgan fingerprint density at radius 3 is 2.28 bits per heavy atom. The second-order valence-corrected chi connectivity index (χ2v) is 8.18. The van der Waals surface area contributed by atoms with Crippen molar-refractivity contribution in [2.24, 2.45) is 0 Å². The number of rotatable bonds is 15. The van der Waals surface area contributed by atoms with Gasteiger partial charge in [-0.25, -0.2) is 0 Å². The van der Waals surface area contributed by atoms with E-state index in [1.165, 1.54) is 5.56 Å². The van der Waals surface area contributed by atoms with Gasteiger partial charge in [-0.1, -0.05) is 30.3 Å². The number of carbonyl (C=O) groups excluding carboxylic acids is 1. The predicted octanol–water partition coefficient (Wildman–Crippen LogP) is 4.53. The van der Waals surface area contributed by atoms with E-state index in [2.05, 4.69) is 31.9 Å². The minimum Gasteiger partial charge on any atom is -0.463 e. The maximum atomic E-state index is 11.3. The Bertz CT molecular complexity index is 616. The van der Waals surface area contributed by atoms with Crippen LogP contribution in [0, 0.1) is 12.3 Å². The first-order valence-electron chi connectivity index (χ1n) is 10.2. The summed E-state index contributed by atoms with van der Waals surface area (Å²) in [6.07, 6.45) is 7.32. The topological polar surface area (TPSA) is 54.0 Å². The first-order valence-corrected chi connectivity index (χ1v) is 10.2. The van der Waals surface area contributed by atoms with E-state index in [-0.39, 0.29) is 30.2 Å². The third-order valence-corrected chi connectivity index (χ3v) is 4.48. The zero-order valence-electron chi connectivity index (χ0n) is 18.4. The molecular formula is C24H36O5. The number of esters is 1. The number of hydrogen-bond donors (Lipinski definition) is 0. The minimum atomic E-state index is -0.293. The molecule has 0 N–H and O–H groups in total. The summed E-state index contributed by atoms with van der Waals surface area (Å²) >= 11 is 0. The van der Waals surface area contributed by atoms with E-state index in [1.54, 1.807) is 0 Å². The Kier molecular flexibility index (Phi) is 11.6. The summed E-state index contributed by atoms with van der Waals surface area (Å²) in [4.78, 5) is 11.3. The summed E-state index contributed by atoms with van der Waals surface area (Å²) in [6, 6.07) is 10.2. The highest BCUT2D eigenvalue weighted by Crippen LogP contribution is 2.21. The van der Waals surface area contributed by atoms with Crippen LogP contribution in [-0.2, 0) is 30.3 Å². The Morgan fingerprint density at radius 2 is 1.59 bits per heavy atom. The Labute approximate surface area is 176 Å². The average molecular weight is 405 g/mol. The van der Waals surface area contributed by atoms with Crippen molar-refractivity contribution in [3.8, 4) is 12.3 Å². The molecule has 0 saturated carbocycles. The van der Waals surface area contributed by atoms with Crippen molar-refractivity contribution in [3.05, 3.63) is 35.9 Å². The SMILES string of the molecule is C#CCCC(=O)OCCOCCC(C)(C)OCCC(C)(C)OCc1ccccc1. The standard InChI is InChI=1S/C24H36O5/c1-6-7-13-22(25)27-19-18-26-16-14-23(2,3)28-17-15-24(4,5)29-20-21-11-9-8-10-12-21/h1,8-12H,7,13-20H2,2-5H3. The van der Waals surface area contributed by atoms with E-state index in [1.807, 2.05) is 32.0 Å². The fourth-order valence-electron chi connectivity index (χ4n) is 2.45. The quantitative estimate of drug-likeness (QED) is 0.244. The minimum absolute atomic E-state index is 0.248. The van der Waals surface area contributed by atoms with Crippen molar-refractivity contribution >= 4 is 5.97 Å². The fourth-order valence-corrected chi connectivity index (χ4v) is 2.45. The van der Waals surface area contributed by atoms with Crippen LogP contribution in [0.2, 0.25) is 0 Å². The van der Waals surface area contributed by atoms with Gasteiger partial charge in [0.25, 0.3) is 0 Å². The van der Waals surface area contributed by atoms with E-state index in [0.717, 1.165) is 12.8 Å². The van der Waals surface area contributed by atoms with Gasteiger partial charge in [-0.15, -0.1) is 12.3 Å². The number of carbonyl (C=O) groups is 1. The zero-order chi connectivity index (χ0) is 21.6. The lowest BCUT2D eigenvalue weighted by molar-refractivity contribution is -0.145. The molecular weight excluding hydrogens is 368 g/mol. The van der Waals surface area contributed by atoms with Gasteiger partial charge in [0.2, 0.25) is 0 Å². The first-order chi connectivity index (χ1) is 13.7. The summed E-state index contributed by atoms with van der Waals surface area (Å²) in [6.45, 7) is 10.6. The number of hydrogen-bond acceptors (Lipinski definition) is 5. The van der Waals surface area contributed by atoms with E-state index < -0.39 is 0 Å². The first kappa shape index (κ1) is 25.2. The van der Waals surface area contributed by atoms with Crippen molar-refractivity contribution < 1.29 is 23.7 Å². The van der Waals surface area contributed by atoms with Crippen molar-refractivity contribution in [1.82, 2.24) is 0 Å². The second-order valence-electron chi connectivity index (χ2n) is 8.18. The lowest BCUT2D eigenvalue weighted by atomic mass is 10.0. The van der Waals surface area contributed by atoms with Crippen LogP contribution in [0.5, 0.6) is 0 Å². The lowest BCUT2D eigenvalue weighted by Crippen LogP contribution is -2.31. The molecule has 0 fully saturated rings. The van der Waals surface area contributed by atoms with E-state index in [0.29, 0.717) is 32.8 Å². The van der Waals surface area contributed by atoms with Gasteiger partial charge in [0.05, 0.1) is 37.4 Å². The molecule has 1 aromatic carbocycles. The highest BCUT2D eigenvalue weighted by atomic mass is 16.6. The Balaban J connectivity index is 2.13. The van der Waals surface area contributed by atoms with Gasteiger partial charge in [0.1, 0.15) is 6.61 Å². The molecule has 0 aliphatic rings. The van der Waals surface area contributed by atoms with Crippen molar-refractivity contribution in [2.75, 3.05) is 26.4 Å². The third-order valence-electron chi connectivity index (χ3n) is 4.48. The summed E-state index contributed by atoms with van der Waals surface area (Å²) in [7, 11) is 0. The van der Waals surface area contributed by atoms with Crippen molar-refractivity contribution in [2.45, 2.75) is 71.2 Å². The molecule has 5 heteroatoms. The smallest absolute Gasteiger partial charge is 0.306 e. The van der Waals surface area contributed by atoms with Gasteiger partial charge in [-0.05, 0) is 46.1 Å². The van der Waals surface area contributed by atoms with Gasteiger partial charge in [-0.3, -0.25) is 4.79 Å². The van der Waals surface area contributed by atoms with Crippen LogP contribution < -0.4 is 0 Å². The van der Waals surface area contributed by atoms with Gasteiger partial charge in [0, 0.05) is 13.0 Å². The molecule has 0 saturated heterocycles. The van der Waals surface area contributed by atoms with Gasteiger partial charge in [0.15, 0.2) is 0 Å². The summed E-state index contributed by atoms with van der Waals surface area (Å²) in [5.41, 5.74) is 0.616. The van der Waals surface area contributed by atoms with Gasteiger partial charge < -0.3 is 18.9 Å². The molecule has 0 radical (unpaired) electrons. The molecule has 0 aliphatic carbocycles. The lowest BCUT2D eigenvalue weighted by Gasteiger charge is -2.30. The average Bonchev–Trinajstić information content (AvgIpc) is 2.68. The molecule has 29 heavy (non-hydrogen) atoms. The summed E-state index contributed by atoms with van der Waals surface area (Å²) < 4.78 is 22.7. The molecule has 0 unspecified atom stereocenters. The van der Waals surface area contributed by atoms with Crippen LogP contribution >= 0.6 is 0 Å². The zero-order valence-corrected chi connectivity index (χ0v) is 18.4. The molecule has 0 aromatic heterocycles. The van der Waals surface area contributed by atoms with E-state index >= 15 is 0 Å². The van der Waals surface area contributed by atoms with Crippen molar-refractivity contribution in [3.63, 3.8) is 0 Å². The Morgan fingerprint density at radius 1 is 0.931 bits per heavy atom. The summed E-state index contributed by atoms with van der Waals surface area (Å²) in [5.74, 6) is 2.13. The fraction of sp³-hybridized carbons (Fsp3) is 0.625. The summed E-state index contributed by atoms with van der Waals surface area (Å²) in [5, 5.41) is 0. The second kappa shape index (κ2) is 13.4. The molecule has 0 amide bonds. The molecule has 0 bridgehead atoms. The van der Waals surface area contributed by atoms with Crippen LogP contribution in [0.25, 0.3) is 0 Å². The van der Waals surface area contributed by atoms with Crippen LogP contribution in [0.3, 0.4) is 0 Å². The third kappa shape index (κ3) is 13.1. The maximum absolute atomic E-state index is 11.3. The van der Waals surface area contributed by atoms with Crippen LogP contribution in [0.4, 0.5) is 0 Å². The largest absolute Gasteiger partial charge is 0.463 e. The molecule has 162 valence electrons. The molecule has 0 atom stereocenters. The van der Waals surface area contributed by atoms with Crippen LogP contribution in [0.15, 0.2) is 30.3 Å². The molecule has 0 aliphatic heterocycles. The molecule has 1 rings (SSSR count). The van der Waals surface area contributed by atoms with E-state index in [4.69, 9.17) is 25.4 Å². The van der Waals surface area contributed by atoms with Crippen LogP contribution in [0.1, 0.15) is 58.9 Å². The highest BCUT2D eigenvalue weighted by molar-refractivity contribution is 5.69. The number of benzene rings is 1. The molecule has 0 heterocycles. The number of terminal acetylenes is 1. The maximum Gasteiger partial charge on any atom is 0.306 e. The molecule has 5 nitrogen and oxygen atoms in total. The van der Waals surface area contributed by atoms with Crippen molar-refractivity contribution in [1.29, 1.82) is 0 Å². The highest BCUT2D eigenvalue weighted by Gasteiger charge is 2.22. The van der Waals surface area contributed by atoms with E-state index in [9.17, 15) is 4.79 Å². The predicted molar refractivity (Wildman–Crippen MR) is 114 cm³/mol. The van der Waals surface area contributed by atoms with Gasteiger partial charge in [-0.2, -0.15) is 0 Å². The monoisotopic (exact) mass is 404 g/mol. The molecule has 0 spiro atoms. The normalized spacial score (nSPS) is 11.8.